The van der Waals surface area contributed by atoms with Gasteiger partial charge >= 0.3 is 6.03 Å². The SMILES string of the molecule is CC(NC(=O)Nc1c(F)cccc1F)C(O)c1ccc(F)cc1. The van der Waals surface area contributed by atoms with Crippen LogP contribution >= 0.6 is 0 Å². The van der Waals surface area contributed by atoms with E-state index in [9.17, 15) is 23.1 Å². The van der Waals surface area contributed by atoms with Gasteiger partial charge in [-0.1, -0.05) is 18.2 Å². The van der Waals surface area contributed by atoms with Crippen molar-refractivity contribution < 1.29 is 23.1 Å². The molecule has 2 amide bonds. The predicted molar refractivity (Wildman–Crippen MR) is 79.3 cm³/mol. The molecule has 0 heterocycles. The molecule has 0 radical (unpaired) electrons. The Morgan fingerprint density at radius 2 is 1.61 bits per heavy atom. The molecule has 3 N–H and O–H groups in total. The summed E-state index contributed by atoms with van der Waals surface area (Å²) in [7, 11) is 0. The van der Waals surface area contributed by atoms with Crippen molar-refractivity contribution in [2.24, 2.45) is 0 Å². The second-order valence-electron chi connectivity index (χ2n) is 4.98. The van der Waals surface area contributed by atoms with E-state index in [1.165, 1.54) is 37.3 Å². The van der Waals surface area contributed by atoms with Crippen molar-refractivity contribution >= 4 is 11.7 Å². The zero-order valence-electron chi connectivity index (χ0n) is 12.2. The number of halogens is 3. The van der Waals surface area contributed by atoms with E-state index in [4.69, 9.17) is 0 Å². The summed E-state index contributed by atoms with van der Waals surface area (Å²) in [4.78, 5) is 11.8. The Kier molecular flexibility index (Phi) is 5.23. The predicted octanol–water partition coefficient (Wildman–Crippen LogP) is 3.35. The van der Waals surface area contributed by atoms with Crippen LogP contribution in [0.5, 0.6) is 0 Å². The Morgan fingerprint density at radius 1 is 1.04 bits per heavy atom. The average Bonchev–Trinajstić information content (AvgIpc) is 2.51. The molecule has 23 heavy (non-hydrogen) atoms. The molecule has 0 aliphatic heterocycles. The van der Waals surface area contributed by atoms with Gasteiger partial charge in [0.05, 0.1) is 12.1 Å². The van der Waals surface area contributed by atoms with Crippen LogP contribution in [0.2, 0.25) is 0 Å². The second kappa shape index (κ2) is 7.15. The van der Waals surface area contributed by atoms with Crippen LogP contribution in [0.15, 0.2) is 42.5 Å². The van der Waals surface area contributed by atoms with Crippen LogP contribution in [0.25, 0.3) is 0 Å². The smallest absolute Gasteiger partial charge is 0.319 e. The van der Waals surface area contributed by atoms with Crippen LogP contribution in [0.3, 0.4) is 0 Å². The number of para-hydroxylation sites is 1. The summed E-state index contributed by atoms with van der Waals surface area (Å²) in [6.07, 6.45) is -1.10. The van der Waals surface area contributed by atoms with E-state index in [0.717, 1.165) is 12.1 Å². The summed E-state index contributed by atoms with van der Waals surface area (Å²) in [5.74, 6) is -2.27. The van der Waals surface area contributed by atoms with Gasteiger partial charge < -0.3 is 15.7 Å². The van der Waals surface area contributed by atoms with Gasteiger partial charge in [0, 0.05) is 0 Å². The van der Waals surface area contributed by atoms with Crippen molar-refractivity contribution in [1.82, 2.24) is 5.32 Å². The molecular weight excluding hydrogens is 309 g/mol. The van der Waals surface area contributed by atoms with Crippen molar-refractivity contribution in [3.05, 3.63) is 65.5 Å². The first-order chi connectivity index (χ1) is 10.9. The van der Waals surface area contributed by atoms with Crippen molar-refractivity contribution in [3.8, 4) is 0 Å². The van der Waals surface area contributed by atoms with Crippen molar-refractivity contribution in [2.45, 2.75) is 19.1 Å². The lowest BCUT2D eigenvalue weighted by Gasteiger charge is -2.21. The Labute approximate surface area is 131 Å². The fraction of sp³-hybridized carbons (Fsp3) is 0.188. The Hall–Kier alpha value is -2.54. The summed E-state index contributed by atoms with van der Waals surface area (Å²) in [5, 5.41) is 14.5. The van der Waals surface area contributed by atoms with E-state index in [-0.39, 0.29) is 0 Å². The van der Waals surface area contributed by atoms with Gasteiger partial charge in [-0.2, -0.15) is 0 Å². The molecule has 2 unspecified atom stereocenters. The van der Waals surface area contributed by atoms with Crippen LogP contribution < -0.4 is 10.6 Å². The van der Waals surface area contributed by atoms with Gasteiger partial charge in [-0.25, -0.2) is 18.0 Å². The normalized spacial score (nSPS) is 13.3. The van der Waals surface area contributed by atoms with Gasteiger partial charge in [-0.15, -0.1) is 0 Å². The monoisotopic (exact) mass is 324 g/mol. The summed E-state index contributed by atoms with van der Waals surface area (Å²) in [6, 6.07) is 6.68. The Morgan fingerprint density at radius 3 is 2.17 bits per heavy atom. The molecule has 0 spiro atoms. The second-order valence-corrected chi connectivity index (χ2v) is 4.98. The lowest BCUT2D eigenvalue weighted by Crippen LogP contribution is -2.40. The number of rotatable bonds is 4. The Balaban J connectivity index is 2.00. The van der Waals surface area contributed by atoms with Crippen LogP contribution in [-0.4, -0.2) is 17.2 Å². The quantitative estimate of drug-likeness (QED) is 0.808. The molecular formula is C16H15F3N2O2. The molecule has 0 aliphatic rings. The molecule has 0 aliphatic carbocycles. The van der Waals surface area contributed by atoms with E-state index < -0.39 is 41.3 Å². The highest BCUT2D eigenvalue weighted by Gasteiger charge is 2.20. The number of amides is 2. The molecule has 0 bridgehead atoms. The summed E-state index contributed by atoms with van der Waals surface area (Å²) in [6.45, 7) is 1.51. The van der Waals surface area contributed by atoms with E-state index in [2.05, 4.69) is 10.6 Å². The van der Waals surface area contributed by atoms with E-state index in [1.54, 1.807) is 0 Å². The molecule has 2 aromatic rings. The van der Waals surface area contributed by atoms with Gasteiger partial charge in [-0.05, 0) is 36.8 Å². The van der Waals surface area contributed by atoms with Gasteiger partial charge in [-0.3, -0.25) is 0 Å². The van der Waals surface area contributed by atoms with Gasteiger partial charge in [0.15, 0.2) is 0 Å². The molecule has 0 fully saturated rings. The molecule has 122 valence electrons. The number of nitrogens with one attached hydrogen (secondary N) is 2. The summed E-state index contributed by atoms with van der Waals surface area (Å²) >= 11 is 0. The van der Waals surface area contributed by atoms with Gasteiger partial charge in [0.2, 0.25) is 0 Å². The minimum atomic E-state index is -1.10. The maximum atomic E-state index is 13.4. The zero-order valence-corrected chi connectivity index (χ0v) is 12.2. The zero-order chi connectivity index (χ0) is 17.0. The van der Waals surface area contributed by atoms with Crippen LogP contribution in [-0.2, 0) is 0 Å². The number of hydrogen-bond donors (Lipinski definition) is 3. The van der Waals surface area contributed by atoms with Crippen molar-refractivity contribution in [2.75, 3.05) is 5.32 Å². The van der Waals surface area contributed by atoms with Gasteiger partial charge in [0.25, 0.3) is 0 Å². The molecule has 0 saturated carbocycles. The van der Waals surface area contributed by atoms with Crippen LogP contribution in [0.1, 0.15) is 18.6 Å². The number of carbonyl (C=O) groups is 1. The molecule has 0 saturated heterocycles. The van der Waals surface area contributed by atoms with Gasteiger partial charge in [0.1, 0.15) is 23.1 Å². The molecule has 2 rings (SSSR count). The maximum absolute atomic E-state index is 13.4. The topological polar surface area (TPSA) is 61.4 Å². The number of aliphatic hydroxyl groups excluding tert-OH is 1. The van der Waals surface area contributed by atoms with E-state index in [0.29, 0.717) is 5.56 Å². The number of anilines is 1. The molecule has 4 nitrogen and oxygen atoms in total. The number of urea groups is 1. The third-order valence-electron chi connectivity index (χ3n) is 3.25. The first-order valence-electron chi connectivity index (χ1n) is 6.83. The summed E-state index contributed by atoms with van der Waals surface area (Å²) < 4.78 is 39.7. The van der Waals surface area contributed by atoms with E-state index >= 15 is 0 Å². The summed E-state index contributed by atoms with van der Waals surface area (Å²) in [5.41, 5.74) is -0.176. The lowest BCUT2D eigenvalue weighted by molar-refractivity contribution is 0.139. The fourth-order valence-electron chi connectivity index (χ4n) is 2.00. The maximum Gasteiger partial charge on any atom is 0.319 e. The number of carbonyl (C=O) groups excluding carboxylic acids is 1. The number of benzene rings is 2. The molecule has 7 heteroatoms. The third kappa shape index (κ3) is 4.23. The fourth-order valence-corrected chi connectivity index (χ4v) is 2.00. The Bertz CT molecular complexity index is 672. The largest absolute Gasteiger partial charge is 0.386 e. The first-order valence-corrected chi connectivity index (χ1v) is 6.83. The minimum Gasteiger partial charge on any atom is -0.386 e. The molecule has 2 aromatic carbocycles. The molecule has 0 aromatic heterocycles. The average molecular weight is 324 g/mol. The van der Waals surface area contributed by atoms with E-state index in [1.807, 2.05) is 0 Å². The number of hydrogen-bond acceptors (Lipinski definition) is 2. The van der Waals surface area contributed by atoms with Crippen LogP contribution in [0, 0.1) is 17.5 Å². The highest BCUT2D eigenvalue weighted by atomic mass is 19.1. The third-order valence-corrected chi connectivity index (χ3v) is 3.25. The highest BCUT2D eigenvalue weighted by Crippen LogP contribution is 2.19. The number of aliphatic hydroxyl groups is 1. The minimum absolute atomic E-state index is 0.399. The lowest BCUT2D eigenvalue weighted by atomic mass is 10.0. The first kappa shape index (κ1) is 16.8. The molecule has 2 atom stereocenters. The van der Waals surface area contributed by atoms with Crippen LogP contribution in [0.4, 0.5) is 23.7 Å². The highest BCUT2D eigenvalue weighted by molar-refractivity contribution is 5.89. The van der Waals surface area contributed by atoms with Crippen molar-refractivity contribution in [1.29, 1.82) is 0 Å². The van der Waals surface area contributed by atoms with Crippen molar-refractivity contribution in [3.63, 3.8) is 0 Å². The standard InChI is InChI=1S/C16H15F3N2O2/c1-9(15(22)10-5-7-11(17)8-6-10)20-16(23)21-14-12(18)3-2-4-13(14)19/h2-9,15,22H,1H3,(H2,20,21,23).